The fraction of sp³-hybridized carbons (Fsp3) is 0.286. The number of amides is 2. The van der Waals surface area contributed by atoms with Gasteiger partial charge in [-0.3, -0.25) is 4.79 Å². The van der Waals surface area contributed by atoms with E-state index in [9.17, 15) is 9.59 Å². The Morgan fingerprint density at radius 2 is 1.26 bits per heavy atom. The van der Waals surface area contributed by atoms with Crippen LogP contribution in [0.2, 0.25) is 0 Å². The lowest BCUT2D eigenvalue weighted by molar-refractivity contribution is 0.0526. The first-order valence-corrected chi connectivity index (χ1v) is 12.9. The SMILES string of the molecule is CC(C)(C)OC(=O)NCCCCNC(=O)c1cccc(P(c2ccccc2)c2ccccc2)c1. The number of rotatable bonds is 9. The zero-order chi connectivity index (χ0) is 24.4. The fourth-order valence-electron chi connectivity index (χ4n) is 3.45. The van der Waals surface area contributed by atoms with Gasteiger partial charge in [-0.1, -0.05) is 72.8 Å². The Labute approximate surface area is 203 Å². The fourth-order valence-corrected chi connectivity index (χ4v) is 5.78. The van der Waals surface area contributed by atoms with E-state index in [1.807, 2.05) is 51.1 Å². The van der Waals surface area contributed by atoms with Gasteiger partial charge < -0.3 is 15.4 Å². The second-order valence-corrected chi connectivity index (χ2v) is 11.2. The van der Waals surface area contributed by atoms with Gasteiger partial charge in [0.1, 0.15) is 5.60 Å². The van der Waals surface area contributed by atoms with Gasteiger partial charge in [0.2, 0.25) is 0 Å². The summed E-state index contributed by atoms with van der Waals surface area (Å²) in [7, 11) is -0.757. The van der Waals surface area contributed by atoms with E-state index in [1.54, 1.807) is 0 Å². The monoisotopic (exact) mass is 476 g/mol. The quantitative estimate of drug-likeness (QED) is 0.354. The Morgan fingerprint density at radius 3 is 1.82 bits per heavy atom. The van der Waals surface area contributed by atoms with Crippen LogP contribution in [0.25, 0.3) is 0 Å². The standard InChI is InChI=1S/C28H33N2O3P/c1-28(2,3)33-27(32)30-20-11-10-19-29-26(31)22-13-12-18-25(21-22)34(23-14-6-4-7-15-23)24-16-8-5-9-17-24/h4-9,12-18,21H,10-11,19-20H2,1-3H3,(H,29,31)(H,30,32). The minimum atomic E-state index is -0.757. The molecule has 0 unspecified atom stereocenters. The Kier molecular flexibility index (Phi) is 9.24. The van der Waals surface area contributed by atoms with Crippen LogP contribution >= 0.6 is 7.92 Å². The number of unbranched alkanes of at least 4 members (excludes halogenated alkanes) is 1. The number of hydrogen-bond acceptors (Lipinski definition) is 3. The predicted molar refractivity (Wildman–Crippen MR) is 141 cm³/mol. The molecule has 3 rings (SSSR count). The molecule has 0 atom stereocenters. The molecule has 0 spiro atoms. The van der Waals surface area contributed by atoms with E-state index in [4.69, 9.17) is 4.74 Å². The lowest BCUT2D eigenvalue weighted by Gasteiger charge is -2.20. The molecular formula is C28H33N2O3P. The van der Waals surface area contributed by atoms with E-state index in [0.29, 0.717) is 18.7 Å². The number of hydrogen-bond donors (Lipinski definition) is 2. The molecule has 3 aromatic carbocycles. The number of benzene rings is 3. The van der Waals surface area contributed by atoms with E-state index in [0.717, 1.165) is 18.1 Å². The van der Waals surface area contributed by atoms with Crippen molar-refractivity contribution in [1.82, 2.24) is 10.6 Å². The van der Waals surface area contributed by atoms with Crippen molar-refractivity contribution in [3.05, 3.63) is 90.5 Å². The average molecular weight is 477 g/mol. The van der Waals surface area contributed by atoms with E-state index in [1.165, 1.54) is 10.6 Å². The Morgan fingerprint density at radius 1 is 0.735 bits per heavy atom. The summed E-state index contributed by atoms with van der Waals surface area (Å²) in [6, 6.07) is 28.8. The maximum Gasteiger partial charge on any atom is 0.407 e. The van der Waals surface area contributed by atoms with Crippen LogP contribution in [0.3, 0.4) is 0 Å². The Bertz CT molecular complexity index is 1030. The molecule has 2 N–H and O–H groups in total. The summed E-state index contributed by atoms with van der Waals surface area (Å²) < 4.78 is 5.22. The second-order valence-electron chi connectivity index (χ2n) is 8.95. The van der Waals surface area contributed by atoms with Gasteiger partial charge in [0.05, 0.1) is 0 Å². The first-order chi connectivity index (χ1) is 16.3. The first-order valence-electron chi connectivity index (χ1n) is 11.6. The lowest BCUT2D eigenvalue weighted by atomic mass is 10.2. The summed E-state index contributed by atoms with van der Waals surface area (Å²) in [4.78, 5) is 24.5. The van der Waals surface area contributed by atoms with Gasteiger partial charge in [0.25, 0.3) is 5.91 Å². The maximum atomic E-state index is 12.8. The molecule has 0 aliphatic rings. The van der Waals surface area contributed by atoms with Crippen LogP contribution in [0.15, 0.2) is 84.9 Å². The molecule has 0 saturated carbocycles. The minimum Gasteiger partial charge on any atom is -0.444 e. The molecular weight excluding hydrogens is 443 g/mol. The normalized spacial score (nSPS) is 11.2. The van der Waals surface area contributed by atoms with Gasteiger partial charge in [-0.05, 0) is 69.6 Å². The summed E-state index contributed by atoms with van der Waals surface area (Å²) in [5.74, 6) is -0.0852. The van der Waals surface area contributed by atoms with Crippen LogP contribution in [-0.4, -0.2) is 30.7 Å². The van der Waals surface area contributed by atoms with Crippen LogP contribution in [0, 0.1) is 0 Å². The number of alkyl carbamates (subject to hydrolysis) is 1. The smallest absolute Gasteiger partial charge is 0.407 e. The van der Waals surface area contributed by atoms with E-state index >= 15 is 0 Å². The highest BCUT2D eigenvalue weighted by Gasteiger charge is 2.18. The topological polar surface area (TPSA) is 67.4 Å². The lowest BCUT2D eigenvalue weighted by Crippen LogP contribution is -2.33. The summed E-state index contributed by atoms with van der Waals surface area (Å²) in [5.41, 5.74) is 0.150. The molecule has 0 aromatic heterocycles. The summed E-state index contributed by atoms with van der Waals surface area (Å²) in [6.45, 7) is 6.56. The Balaban J connectivity index is 1.58. The van der Waals surface area contributed by atoms with Crippen molar-refractivity contribution in [2.45, 2.75) is 39.2 Å². The van der Waals surface area contributed by atoms with E-state index in [2.05, 4.69) is 65.2 Å². The number of ether oxygens (including phenoxy) is 1. The molecule has 3 aromatic rings. The van der Waals surface area contributed by atoms with Crippen LogP contribution in [0.5, 0.6) is 0 Å². The number of carbonyl (C=O) groups excluding carboxylic acids is 2. The van der Waals surface area contributed by atoms with Crippen molar-refractivity contribution >= 4 is 35.8 Å². The summed E-state index contributed by atoms with van der Waals surface area (Å²) in [6.07, 6.45) is 1.11. The molecule has 0 heterocycles. The van der Waals surface area contributed by atoms with Crippen molar-refractivity contribution in [2.24, 2.45) is 0 Å². The highest BCUT2D eigenvalue weighted by Crippen LogP contribution is 2.32. The highest BCUT2D eigenvalue weighted by molar-refractivity contribution is 7.79. The predicted octanol–water partition coefficient (Wildman–Crippen LogP) is 4.48. The molecule has 0 bridgehead atoms. The average Bonchev–Trinajstić information content (AvgIpc) is 2.82. The molecule has 0 aliphatic heterocycles. The third-order valence-corrected chi connectivity index (χ3v) is 7.38. The van der Waals surface area contributed by atoms with Crippen molar-refractivity contribution in [3.8, 4) is 0 Å². The van der Waals surface area contributed by atoms with Gasteiger partial charge in [-0.25, -0.2) is 4.79 Å². The zero-order valence-electron chi connectivity index (χ0n) is 20.1. The van der Waals surface area contributed by atoms with Crippen LogP contribution < -0.4 is 26.5 Å². The first kappa shape index (κ1) is 25.5. The molecule has 0 saturated heterocycles. The molecule has 6 heteroatoms. The van der Waals surface area contributed by atoms with E-state index < -0.39 is 19.6 Å². The van der Waals surface area contributed by atoms with Crippen molar-refractivity contribution in [2.75, 3.05) is 13.1 Å². The summed E-state index contributed by atoms with van der Waals surface area (Å²) in [5, 5.41) is 9.37. The van der Waals surface area contributed by atoms with Gasteiger partial charge >= 0.3 is 6.09 Å². The number of carbonyl (C=O) groups is 2. The van der Waals surface area contributed by atoms with Crippen LogP contribution in [0.4, 0.5) is 4.79 Å². The maximum absolute atomic E-state index is 12.8. The molecule has 0 aliphatic carbocycles. The molecule has 34 heavy (non-hydrogen) atoms. The largest absolute Gasteiger partial charge is 0.444 e. The third-order valence-electron chi connectivity index (χ3n) is 4.95. The summed E-state index contributed by atoms with van der Waals surface area (Å²) >= 11 is 0. The van der Waals surface area contributed by atoms with Crippen molar-refractivity contribution < 1.29 is 14.3 Å². The molecule has 0 fully saturated rings. The van der Waals surface area contributed by atoms with E-state index in [-0.39, 0.29) is 5.91 Å². The minimum absolute atomic E-state index is 0.0852. The van der Waals surface area contributed by atoms with Crippen LogP contribution in [-0.2, 0) is 4.74 Å². The Hall–Kier alpha value is -3.17. The highest BCUT2D eigenvalue weighted by atomic mass is 31.1. The van der Waals surface area contributed by atoms with Gasteiger partial charge in [0, 0.05) is 18.7 Å². The van der Waals surface area contributed by atoms with Crippen molar-refractivity contribution in [3.63, 3.8) is 0 Å². The second kappa shape index (κ2) is 12.3. The molecule has 5 nitrogen and oxygen atoms in total. The van der Waals surface area contributed by atoms with Gasteiger partial charge in [-0.15, -0.1) is 0 Å². The molecule has 2 amide bonds. The third kappa shape index (κ3) is 8.00. The van der Waals surface area contributed by atoms with Crippen molar-refractivity contribution in [1.29, 1.82) is 0 Å². The molecule has 0 radical (unpaired) electrons. The number of nitrogens with one attached hydrogen (secondary N) is 2. The van der Waals surface area contributed by atoms with Gasteiger partial charge in [-0.2, -0.15) is 0 Å². The molecule has 178 valence electrons. The zero-order valence-corrected chi connectivity index (χ0v) is 21.0. The van der Waals surface area contributed by atoms with Gasteiger partial charge in [0.15, 0.2) is 0 Å². The van der Waals surface area contributed by atoms with Crippen LogP contribution in [0.1, 0.15) is 44.0 Å².